The van der Waals surface area contributed by atoms with Gasteiger partial charge in [0.05, 0.1) is 33.6 Å². The van der Waals surface area contributed by atoms with E-state index >= 15 is 0 Å². The molecule has 0 spiro atoms. The molecule has 5 aromatic rings. The summed E-state index contributed by atoms with van der Waals surface area (Å²) in [5, 5.41) is 21.8. The van der Waals surface area contributed by atoms with E-state index in [0.717, 1.165) is 63.0 Å². The maximum atomic E-state index is 11.7. The Kier molecular flexibility index (Phi) is 8.45. The molecule has 1 N–H and O–H groups in total. The Bertz CT molecular complexity index is 1520. The van der Waals surface area contributed by atoms with Gasteiger partial charge in [-0.15, -0.1) is 11.3 Å². The maximum absolute atomic E-state index is 11.7. The van der Waals surface area contributed by atoms with Crippen LogP contribution in [0.25, 0.3) is 27.5 Å². The summed E-state index contributed by atoms with van der Waals surface area (Å²) in [4.78, 5) is 13.3. The number of ether oxygens (including phenoxy) is 1. The van der Waals surface area contributed by atoms with Crippen LogP contribution in [-0.2, 0) is 13.2 Å². The molecule has 5 heterocycles. The van der Waals surface area contributed by atoms with Crippen LogP contribution < -0.4 is 14.8 Å². The van der Waals surface area contributed by atoms with E-state index in [-0.39, 0.29) is 6.61 Å². The zero-order chi connectivity index (χ0) is 27.2. The van der Waals surface area contributed by atoms with E-state index in [9.17, 15) is 5.21 Å². The summed E-state index contributed by atoms with van der Waals surface area (Å²) in [6.45, 7) is 10.4. The molecule has 0 bridgehead atoms. The highest BCUT2D eigenvalue weighted by Crippen LogP contribution is 2.29. The lowest BCUT2D eigenvalue weighted by molar-refractivity contribution is -0.606. The van der Waals surface area contributed by atoms with Gasteiger partial charge in [0.2, 0.25) is 5.88 Å². The van der Waals surface area contributed by atoms with Gasteiger partial charge in [0.15, 0.2) is 18.0 Å². The van der Waals surface area contributed by atoms with Gasteiger partial charge >= 0.3 is 0 Å². The van der Waals surface area contributed by atoms with Crippen LogP contribution >= 0.6 is 11.3 Å². The number of nitrogens with one attached hydrogen (secondary N) is 1. The monoisotopic (exact) mass is 543 g/mol. The van der Waals surface area contributed by atoms with Crippen LogP contribution in [0.3, 0.4) is 0 Å². The predicted octanol–water partition coefficient (Wildman–Crippen LogP) is 4.55. The minimum absolute atomic E-state index is 0.237. The van der Waals surface area contributed by atoms with Gasteiger partial charge < -0.3 is 15.3 Å². The molecule has 0 aromatic carbocycles. The molecule has 1 atom stereocenters. The molecule has 39 heavy (non-hydrogen) atoms. The van der Waals surface area contributed by atoms with Gasteiger partial charge in [0.25, 0.3) is 0 Å². The average Bonchev–Trinajstić information content (AvgIpc) is 3.63. The standard InChI is InChI=1S/C29H33N7O2S/c1-4-34(5-2)21(3)16-30-17-23-14-26(32-28(15-23)38-20-22-8-6-11-35(37)19-22)24-18-31-36-12-10-25(33-29(24)36)27-9-7-13-39-27/h6-15,18-19,21,30H,4-5,16-17,20H2,1-3H3/t21-/m0/s1. The van der Waals surface area contributed by atoms with Crippen LogP contribution in [0.4, 0.5) is 0 Å². The van der Waals surface area contributed by atoms with Crippen molar-refractivity contribution >= 4 is 17.0 Å². The second-order valence-corrected chi connectivity index (χ2v) is 10.3. The second kappa shape index (κ2) is 12.3. The number of nitrogens with zero attached hydrogens (tertiary/aromatic N) is 6. The largest absolute Gasteiger partial charge is 0.619 e. The van der Waals surface area contributed by atoms with Crippen molar-refractivity contribution in [2.45, 2.75) is 40.0 Å². The van der Waals surface area contributed by atoms with Crippen molar-refractivity contribution in [2.24, 2.45) is 0 Å². The summed E-state index contributed by atoms with van der Waals surface area (Å²) in [5.41, 5.74) is 5.00. The maximum Gasteiger partial charge on any atom is 0.214 e. The SMILES string of the molecule is CCN(CC)[C@@H](C)CNCc1cc(OCc2ccc[n+]([O-])c2)nc(-c2cnn3ccc(-c4cccs4)nc23)c1. The Morgan fingerprint density at radius 2 is 1.97 bits per heavy atom. The van der Waals surface area contributed by atoms with E-state index in [2.05, 4.69) is 48.2 Å². The van der Waals surface area contributed by atoms with E-state index in [0.29, 0.717) is 18.5 Å². The molecule has 0 saturated heterocycles. The van der Waals surface area contributed by atoms with Crippen molar-refractivity contribution in [3.05, 3.63) is 89.0 Å². The minimum atomic E-state index is 0.237. The lowest BCUT2D eigenvalue weighted by Crippen LogP contribution is -2.39. The van der Waals surface area contributed by atoms with Crippen molar-refractivity contribution in [2.75, 3.05) is 19.6 Å². The van der Waals surface area contributed by atoms with Crippen molar-refractivity contribution in [1.29, 1.82) is 0 Å². The first-order valence-electron chi connectivity index (χ1n) is 13.2. The van der Waals surface area contributed by atoms with Crippen molar-refractivity contribution in [3.63, 3.8) is 0 Å². The molecule has 9 nitrogen and oxygen atoms in total. The number of hydrogen-bond donors (Lipinski definition) is 1. The number of pyridine rings is 2. The summed E-state index contributed by atoms with van der Waals surface area (Å²) in [7, 11) is 0. The number of hydrogen-bond acceptors (Lipinski definition) is 8. The number of fused-ring (bicyclic) bond motifs is 1. The molecule has 0 radical (unpaired) electrons. The van der Waals surface area contributed by atoms with Crippen molar-refractivity contribution < 1.29 is 9.47 Å². The summed E-state index contributed by atoms with van der Waals surface area (Å²) < 4.78 is 8.61. The van der Waals surface area contributed by atoms with Crippen LogP contribution in [0, 0.1) is 5.21 Å². The lowest BCUT2D eigenvalue weighted by atomic mass is 10.1. The summed E-state index contributed by atoms with van der Waals surface area (Å²) in [6.07, 6.45) is 6.67. The molecule has 0 fully saturated rings. The fraction of sp³-hybridized carbons (Fsp3) is 0.310. The zero-order valence-corrected chi connectivity index (χ0v) is 23.3. The average molecular weight is 544 g/mol. The van der Waals surface area contributed by atoms with Crippen LogP contribution in [0.5, 0.6) is 5.88 Å². The number of thiophene rings is 1. The molecule has 0 amide bonds. The van der Waals surface area contributed by atoms with Gasteiger partial charge in [0.1, 0.15) is 6.61 Å². The van der Waals surface area contributed by atoms with Gasteiger partial charge in [-0.05, 0) is 55.2 Å². The molecule has 0 aliphatic carbocycles. The first kappa shape index (κ1) is 26.7. The molecule has 10 heteroatoms. The van der Waals surface area contributed by atoms with Crippen LogP contribution in [0.1, 0.15) is 31.9 Å². The third-order valence-corrected chi connectivity index (χ3v) is 7.60. The van der Waals surface area contributed by atoms with E-state index in [4.69, 9.17) is 14.7 Å². The topological polar surface area (TPSA) is 94.5 Å². The quantitative estimate of drug-likeness (QED) is 0.182. The van der Waals surface area contributed by atoms with E-state index in [1.54, 1.807) is 28.1 Å². The first-order valence-corrected chi connectivity index (χ1v) is 14.1. The highest BCUT2D eigenvalue weighted by atomic mass is 32.1. The highest BCUT2D eigenvalue weighted by Gasteiger charge is 2.15. The summed E-state index contributed by atoms with van der Waals surface area (Å²) in [6, 6.07) is 14.0. The minimum Gasteiger partial charge on any atom is -0.619 e. The fourth-order valence-corrected chi connectivity index (χ4v) is 5.32. The van der Waals surface area contributed by atoms with Gasteiger partial charge in [-0.3, -0.25) is 4.90 Å². The van der Waals surface area contributed by atoms with Crippen LogP contribution in [-0.4, -0.2) is 50.2 Å². The number of likely N-dealkylation sites (N-methyl/N-ethyl adjacent to an activating group) is 1. The Labute approximate surface area is 232 Å². The van der Waals surface area contributed by atoms with Crippen LogP contribution in [0.2, 0.25) is 0 Å². The van der Waals surface area contributed by atoms with Gasteiger partial charge in [0, 0.05) is 37.5 Å². The van der Waals surface area contributed by atoms with E-state index in [1.807, 2.05) is 35.8 Å². The zero-order valence-electron chi connectivity index (χ0n) is 22.4. The third-order valence-electron chi connectivity index (χ3n) is 6.71. The summed E-state index contributed by atoms with van der Waals surface area (Å²) >= 11 is 1.65. The van der Waals surface area contributed by atoms with Gasteiger partial charge in [-0.1, -0.05) is 19.9 Å². The van der Waals surface area contributed by atoms with Crippen LogP contribution in [0.15, 0.2) is 72.6 Å². The summed E-state index contributed by atoms with van der Waals surface area (Å²) in [5.74, 6) is 0.483. The van der Waals surface area contributed by atoms with Crippen molar-refractivity contribution in [1.82, 2.24) is 29.8 Å². The van der Waals surface area contributed by atoms with Gasteiger partial charge in [-0.2, -0.15) is 9.83 Å². The normalized spacial score (nSPS) is 12.3. The van der Waals surface area contributed by atoms with E-state index < -0.39 is 0 Å². The fourth-order valence-electron chi connectivity index (χ4n) is 4.63. The Morgan fingerprint density at radius 3 is 2.74 bits per heavy atom. The lowest BCUT2D eigenvalue weighted by Gasteiger charge is -2.26. The molecular weight excluding hydrogens is 510 g/mol. The molecule has 0 aliphatic heterocycles. The van der Waals surface area contributed by atoms with E-state index in [1.165, 1.54) is 12.4 Å². The Hall–Kier alpha value is -3.86. The third kappa shape index (κ3) is 6.42. The highest BCUT2D eigenvalue weighted by molar-refractivity contribution is 7.13. The Balaban J connectivity index is 1.44. The molecule has 0 aliphatic rings. The van der Waals surface area contributed by atoms with Gasteiger partial charge in [-0.25, -0.2) is 14.5 Å². The second-order valence-electron chi connectivity index (χ2n) is 9.38. The predicted molar refractivity (Wildman–Crippen MR) is 153 cm³/mol. The number of rotatable bonds is 12. The first-order chi connectivity index (χ1) is 19.0. The molecule has 5 aromatic heterocycles. The molecule has 5 rings (SSSR count). The Morgan fingerprint density at radius 1 is 1.10 bits per heavy atom. The molecular formula is C29H33N7O2S. The smallest absolute Gasteiger partial charge is 0.214 e. The van der Waals surface area contributed by atoms with Crippen molar-refractivity contribution in [3.8, 4) is 27.7 Å². The molecule has 0 saturated carbocycles. The number of aromatic nitrogens is 5. The molecule has 202 valence electrons. The molecule has 0 unspecified atom stereocenters.